The van der Waals surface area contributed by atoms with Gasteiger partial charge >= 0.3 is 0 Å². The number of hydrogen-bond donors (Lipinski definition) is 0. The summed E-state index contributed by atoms with van der Waals surface area (Å²) in [4.78, 5) is 0. The lowest BCUT2D eigenvalue weighted by Gasteiger charge is -2.06. The van der Waals surface area contributed by atoms with Crippen molar-refractivity contribution in [2.75, 3.05) is 0 Å². The van der Waals surface area contributed by atoms with Crippen molar-refractivity contribution in [3.63, 3.8) is 0 Å². The molecule has 3 rings (SSSR count). The van der Waals surface area contributed by atoms with Crippen LogP contribution in [0.5, 0.6) is 0 Å². The minimum Gasteiger partial charge on any atom is -0.101 e. The van der Waals surface area contributed by atoms with E-state index in [1.54, 1.807) is 0 Å². The summed E-state index contributed by atoms with van der Waals surface area (Å²) in [6.45, 7) is 1.89. The zero-order valence-corrected chi connectivity index (χ0v) is 9.70. The van der Waals surface area contributed by atoms with Crippen molar-refractivity contribution >= 4 is 21.5 Å². The summed E-state index contributed by atoms with van der Waals surface area (Å²) in [6.07, 6.45) is 0. The van der Waals surface area contributed by atoms with Gasteiger partial charge in [0, 0.05) is 5.56 Å². The average molecular weight is 216 g/mol. The van der Waals surface area contributed by atoms with E-state index in [0.717, 1.165) is 5.56 Å². The van der Waals surface area contributed by atoms with Crippen LogP contribution in [-0.2, 0) is 0 Å². The van der Waals surface area contributed by atoms with Crippen molar-refractivity contribution in [2.45, 2.75) is 6.92 Å². The van der Waals surface area contributed by atoms with Crippen molar-refractivity contribution in [3.05, 3.63) is 60.2 Å². The molecule has 0 aliphatic heterocycles. The van der Waals surface area contributed by atoms with Crippen molar-refractivity contribution in [1.29, 1.82) is 0 Å². The second-order valence-electron chi connectivity index (χ2n) is 4.07. The first-order valence-electron chi connectivity index (χ1n) is 5.73. The SMILES string of the molecule is CC#Cc1c2ccccc2cc2ccccc12. The lowest BCUT2D eigenvalue weighted by atomic mass is 9.97. The summed E-state index contributed by atoms with van der Waals surface area (Å²) in [5, 5.41) is 4.98. The minimum atomic E-state index is 1.14. The van der Waals surface area contributed by atoms with Crippen LogP contribution in [0, 0.1) is 11.8 Å². The molecule has 0 aromatic heterocycles. The molecule has 0 atom stereocenters. The molecule has 0 radical (unpaired) electrons. The Kier molecular flexibility index (Phi) is 2.31. The molecule has 0 amide bonds. The molecule has 80 valence electrons. The third-order valence-corrected chi connectivity index (χ3v) is 3.02. The lowest BCUT2D eigenvalue weighted by Crippen LogP contribution is -1.83. The van der Waals surface area contributed by atoms with Crippen LogP contribution in [0.3, 0.4) is 0 Å². The molecule has 17 heavy (non-hydrogen) atoms. The molecular weight excluding hydrogens is 204 g/mol. The molecule has 0 fully saturated rings. The van der Waals surface area contributed by atoms with Crippen molar-refractivity contribution < 1.29 is 0 Å². The van der Waals surface area contributed by atoms with Gasteiger partial charge in [0.15, 0.2) is 0 Å². The Morgan fingerprint density at radius 3 is 1.82 bits per heavy atom. The number of fused-ring (bicyclic) bond motifs is 2. The Morgan fingerprint density at radius 1 is 0.765 bits per heavy atom. The summed E-state index contributed by atoms with van der Waals surface area (Å²) >= 11 is 0. The molecule has 0 heterocycles. The first-order valence-corrected chi connectivity index (χ1v) is 5.73. The summed E-state index contributed by atoms with van der Waals surface area (Å²) in [5.74, 6) is 6.26. The minimum absolute atomic E-state index is 1.14. The number of hydrogen-bond acceptors (Lipinski definition) is 0. The van der Waals surface area contributed by atoms with Gasteiger partial charge < -0.3 is 0 Å². The Balaban J connectivity index is 2.59. The third kappa shape index (κ3) is 1.57. The second kappa shape index (κ2) is 3.96. The van der Waals surface area contributed by atoms with E-state index in [9.17, 15) is 0 Å². The van der Waals surface area contributed by atoms with Gasteiger partial charge in [0.05, 0.1) is 0 Å². The number of benzene rings is 3. The van der Waals surface area contributed by atoms with Gasteiger partial charge in [0.1, 0.15) is 0 Å². The van der Waals surface area contributed by atoms with Crippen molar-refractivity contribution in [3.8, 4) is 11.8 Å². The maximum atomic E-state index is 3.24. The van der Waals surface area contributed by atoms with Gasteiger partial charge in [-0.3, -0.25) is 0 Å². The molecule has 0 N–H and O–H groups in total. The molecule has 0 bridgehead atoms. The van der Waals surface area contributed by atoms with Crippen LogP contribution in [0.15, 0.2) is 54.6 Å². The topological polar surface area (TPSA) is 0 Å². The fraction of sp³-hybridized carbons (Fsp3) is 0.0588. The quantitative estimate of drug-likeness (QED) is 0.387. The molecular formula is C17H12. The molecule has 3 aromatic rings. The standard InChI is InChI=1S/C17H12/c1-2-7-17-15-10-5-3-8-13(15)12-14-9-4-6-11-16(14)17/h3-6,8-12H,1H3. The van der Waals surface area contributed by atoms with E-state index in [0.29, 0.717) is 0 Å². The van der Waals surface area contributed by atoms with E-state index in [4.69, 9.17) is 0 Å². The zero-order chi connectivity index (χ0) is 11.7. The van der Waals surface area contributed by atoms with E-state index in [-0.39, 0.29) is 0 Å². The summed E-state index contributed by atoms with van der Waals surface area (Å²) in [7, 11) is 0. The molecule has 0 spiro atoms. The number of rotatable bonds is 0. The van der Waals surface area contributed by atoms with E-state index in [1.165, 1.54) is 21.5 Å². The average Bonchev–Trinajstić information content (AvgIpc) is 2.39. The molecule has 0 nitrogen and oxygen atoms in total. The van der Waals surface area contributed by atoms with Crippen LogP contribution >= 0.6 is 0 Å². The Morgan fingerprint density at radius 2 is 1.29 bits per heavy atom. The smallest absolute Gasteiger partial charge is 0.0402 e. The van der Waals surface area contributed by atoms with Gasteiger partial charge in [-0.25, -0.2) is 0 Å². The van der Waals surface area contributed by atoms with E-state index >= 15 is 0 Å². The molecule has 0 unspecified atom stereocenters. The van der Waals surface area contributed by atoms with Crippen LogP contribution in [0.4, 0.5) is 0 Å². The first kappa shape index (κ1) is 9.93. The van der Waals surface area contributed by atoms with Crippen LogP contribution in [0.1, 0.15) is 12.5 Å². The third-order valence-electron chi connectivity index (χ3n) is 3.02. The van der Waals surface area contributed by atoms with E-state index < -0.39 is 0 Å². The molecule has 0 aliphatic carbocycles. The first-order chi connectivity index (χ1) is 8.40. The molecule has 0 saturated carbocycles. The van der Waals surface area contributed by atoms with Gasteiger partial charge in [-0.1, -0.05) is 54.5 Å². The highest BCUT2D eigenvalue weighted by molar-refractivity contribution is 6.04. The lowest BCUT2D eigenvalue weighted by molar-refractivity contribution is 1.73. The molecule has 0 saturated heterocycles. The highest BCUT2D eigenvalue weighted by atomic mass is 14.1. The zero-order valence-electron chi connectivity index (χ0n) is 9.70. The highest BCUT2D eigenvalue weighted by Gasteiger charge is 2.04. The summed E-state index contributed by atoms with van der Waals surface area (Å²) in [5.41, 5.74) is 1.14. The monoisotopic (exact) mass is 216 g/mol. The van der Waals surface area contributed by atoms with Gasteiger partial charge in [0.25, 0.3) is 0 Å². The van der Waals surface area contributed by atoms with Crippen LogP contribution in [0.2, 0.25) is 0 Å². The second-order valence-corrected chi connectivity index (χ2v) is 4.07. The summed E-state index contributed by atoms with van der Waals surface area (Å²) < 4.78 is 0. The molecule has 0 heteroatoms. The highest BCUT2D eigenvalue weighted by Crippen LogP contribution is 2.27. The maximum absolute atomic E-state index is 3.24. The predicted molar refractivity (Wildman–Crippen MR) is 74.0 cm³/mol. The molecule has 3 aromatic carbocycles. The molecule has 0 aliphatic rings. The fourth-order valence-electron chi connectivity index (χ4n) is 2.27. The van der Waals surface area contributed by atoms with Crippen molar-refractivity contribution in [2.24, 2.45) is 0 Å². The fourth-order valence-corrected chi connectivity index (χ4v) is 2.27. The van der Waals surface area contributed by atoms with Crippen LogP contribution in [-0.4, -0.2) is 0 Å². The van der Waals surface area contributed by atoms with Gasteiger partial charge in [0.2, 0.25) is 0 Å². The van der Waals surface area contributed by atoms with Crippen molar-refractivity contribution in [1.82, 2.24) is 0 Å². The van der Waals surface area contributed by atoms with Gasteiger partial charge in [-0.05, 0) is 34.5 Å². The Hall–Kier alpha value is -2.26. The Bertz CT molecular complexity index is 701. The maximum Gasteiger partial charge on any atom is 0.0402 e. The predicted octanol–water partition coefficient (Wildman–Crippen LogP) is 4.36. The van der Waals surface area contributed by atoms with Crippen LogP contribution in [0.25, 0.3) is 21.5 Å². The van der Waals surface area contributed by atoms with E-state index in [2.05, 4.69) is 66.4 Å². The van der Waals surface area contributed by atoms with Gasteiger partial charge in [-0.15, -0.1) is 5.92 Å². The van der Waals surface area contributed by atoms with Crippen LogP contribution < -0.4 is 0 Å². The summed E-state index contributed by atoms with van der Waals surface area (Å²) in [6, 6.07) is 19.1. The van der Waals surface area contributed by atoms with E-state index in [1.807, 2.05) is 6.92 Å². The van der Waals surface area contributed by atoms with Gasteiger partial charge in [-0.2, -0.15) is 0 Å². The largest absolute Gasteiger partial charge is 0.101 e. The normalized spacial score (nSPS) is 10.2. The Labute approximate surface area is 101 Å².